The SMILES string of the molecule is CCN(CC)C(=O)c1ccc(N(c2cc(C#N)ccc2F)C2CCN(C)CC2)cc1. The van der Waals surface area contributed by atoms with Crippen molar-refractivity contribution in [2.75, 3.05) is 38.1 Å². The van der Waals surface area contributed by atoms with Gasteiger partial charge in [-0.25, -0.2) is 4.39 Å². The van der Waals surface area contributed by atoms with Crippen molar-refractivity contribution in [3.05, 3.63) is 59.4 Å². The van der Waals surface area contributed by atoms with Crippen molar-refractivity contribution < 1.29 is 9.18 Å². The number of piperidine rings is 1. The Morgan fingerprint density at radius 1 is 1.13 bits per heavy atom. The predicted octanol–water partition coefficient (Wildman–Crippen LogP) is 4.41. The first-order valence-corrected chi connectivity index (χ1v) is 10.5. The Labute approximate surface area is 178 Å². The average molecular weight is 409 g/mol. The van der Waals surface area contributed by atoms with Crippen LogP contribution in [0.1, 0.15) is 42.6 Å². The van der Waals surface area contributed by atoms with Gasteiger partial charge in [-0.05, 0) is 89.3 Å². The number of anilines is 2. The quantitative estimate of drug-likeness (QED) is 0.710. The van der Waals surface area contributed by atoms with Gasteiger partial charge in [-0.2, -0.15) is 5.26 Å². The number of hydrogen-bond donors (Lipinski definition) is 0. The van der Waals surface area contributed by atoms with Crippen LogP contribution in [0.25, 0.3) is 0 Å². The van der Waals surface area contributed by atoms with Crippen molar-refractivity contribution >= 4 is 17.3 Å². The number of amides is 1. The van der Waals surface area contributed by atoms with Crippen LogP contribution in [0.2, 0.25) is 0 Å². The van der Waals surface area contributed by atoms with Crippen LogP contribution in [-0.2, 0) is 0 Å². The molecule has 0 bridgehead atoms. The van der Waals surface area contributed by atoms with Crippen molar-refractivity contribution in [3.63, 3.8) is 0 Å². The molecule has 5 nitrogen and oxygen atoms in total. The number of nitriles is 1. The summed E-state index contributed by atoms with van der Waals surface area (Å²) in [5.74, 6) is -0.355. The molecule has 0 N–H and O–H groups in total. The fraction of sp³-hybridized carbons (Fsp3) is 0.417. The van der Waals surface area contributed by atoms with Gasteiger partial charge in [0.25, 0.3) is 5.91 Å². The van der Waals surface area contributed by atoms with E-state index < -0.39 is 0 Å². The summed E-state index contributed by atoms with van der Waals surface area (Å²) in [7, 11) is 2.09. The normalized spacial score (nSPS) is 14.9. The second-order valence-corrected chi connectivity index (χ2v) is 7.71. The largest absolute Gasteiger partial charge is 0.339 e. The molecule has 0 radical (unpaired) electrons. The molecular weight excluding hydrogens is 379 g/mol. The molecular formula is C24H29FN4O. The van der Waals surface area contributed by atoms with Gasteiger partial charge in [-0.1, -0.05) is 0 Å². The molecule has 1 amide bonds. The summed E-state index contributed by atoms with van der Waals surface area (Å²) in [6.45, 7) is 7.10. The minimum absolute atomic E-state index is 0.00458. The number of likely N-dealkylation sites (tertiary alicyclic amines) is 1. The van der Waals surface area contributed by atoms with E-state index in [9.17, 15) is 14.4 Å². The summed E-state index contributed by atoms with van der Waals surface area (Å²) in [6.07, 6.45) is 1.79. The molecule has 0 atom stereocenters. The number of carbonyl (C=O) groups is 1. The van der Waals surface area contributed by atoms with E-state index in [1.807, 2.05) is 43.0 Å². The summed E-state index contributed by atoms with van der Waals surface area (Å²) >= 11 is 0. The van der Waals surface area contributed by atoms with Gasteiger partial charge < -0.3 is 14.7 Å². The Hall–Kier alpha value is -2.91. The number of hydrogen-bond acceptors (Lipinski definition) is 4. The van der Waals surface area contributed by atoms with Crippen LogP contribution in [0.4, 0.5) is 15.8 Å². The minimum Gasteiger partial charge on any atom is -0.339 e. The first-order valence-electron chi connectivity index (χ1n) is 10.5. The van der Waals surface area contributed by atoms with Crippen LogP contribution in [0.3, 0.4) is 0 Å². The smallest absolute Gasteiger partial charge is 0.253 e. The predicted molar refractivity (Wildman–Crippen MR) is 117 cm³/mol. The summed E-state index contributed by atoms with van der Waals surface area (Å²) in [6, 6.07) is 14.1. The van der Waals surface area contributed by atoms with Crippen LogP contribution in [0.5, 0.6) is 0 Å². The van der Waals surface area contributed by atoms with Gasteiger partial charge in [0.15, 0.2) is 0 Å². The molecule has 0 saturated carbocycles. The molecule has 1 aliphatic heterocycles. The highest BCUT2D eigenvalue weighted by Gasteiger charge is 2.27. The lowest BCUT2D eigenvalue weighted by Crippen LogP contribution is -2.42. The summed E-state index contributed by atoms with van der Waals surface area (Å²) in [5, 5.41) is 9.31. The molecule has 0 spiro atoms. The lowest BCUT2D eigenvalue weighted by atomic mass is 10.0. The monoisotopic (exact) mass is 408 g/mol. The van der Waals surface area contributed by atoms with Crippen molar-refractivity contribution in [1.82, 2.24) is 9.80 Å². The minimum atomic E-state index is -0.351. The third kappa shape index (κ3) is 4.63. The highest BCUT2D eigenvalue weighted by Crippen LogP contribution is 2.34. The van der Waals surface area contributed by atoms with Gasteiger partial charge in [0, 0.05) is 30.4 Å². The van der Waals surface area contributed by atoms with Gasteiger partial charge in [0.05, 0.1) is 17.3 Å². The first-order chi connectivity index (χ1) is 14.5. The van der Waals surface area contributed by atoms with Crippen LogP contribution >= 0.6 is 0 Å². The lowest BCUT2D eigenvalue weighted by Gasteiger charge is -2.39. The van der Waals surface area contributed by atoms with Crippen LogP contribution in [0.15, 0.2) is 42.5 Å². The molecule has 1 heterocycles. The van der Waals surface area contributed by atoms with Gasteiger partial charge in [0.1, 0.15) is 5.82 Å². The summed E-state index contributed by atoms with van der Waals surface area (Å²) in [4.78, 5) is 18.7. The Bertz CT molecular complexity index is 910. The van der Waals surface area contributed by atoms with E-state index in [0.717, 1.165) is 31.6 Å². The van der Waals surface area contributed by atoms with Crippen molar-refractivity contribution in [2.24, 2.45) is 0 Å². The molecule has 1 fully saturated rings. The fourth-order valence-electron chi connectivity index (χ4n) is 4.02. The van der Waals surface area contributed by atoms with Crippen LogP contribution in [-0.4, -0.2) is 55.0 Å². The zero-order valence-corrected chi connectivity index (χ0v) is 17.9. The van der Waals surface area contributed by atoms with Crippen molar-refractivity contribution in [3.8, 4) is 6.07 Å². The Kier molecular flexibility index (Phi) is 7.07. The molecule has 0 aliphatic carbocycles. The maximum Gasteiger partial charge on any atom is 0.253 e. The summed E-state index contributed by atoms with van der Waals surface area (Å²) < 4.78 is 14.9. The Morgan fingerprint density at radius 3 is 2.33 bits per heavy atom. The van der Waals surface area contributed by atoms with Gasteiger partial charge in [-0.15, -0.1) is 0 Å². The number of halogens is 1. The molecule has 0 aromatic heterocycles. The summed E-state index contributed by atoms with van der Waals surface area (Å²) in [5.41, 5.74) is 2.29. The molecule has 30 heavy (non-hydrogen) atoms. The van der Waals surface area contributed by atoms with E-state index in [-0.39, 0.29) is 17.8 Å². The van der Waals surface area contributed by atoms with E-state index in [2.05, 4.69) is 18.0 Å². The lowest BCUT2D eigenvalue weighted by molar-refractivity contribution is 0.0773. The molecule has 1 saturated heterocycles. The maximum atomic E-state index is 14.9. The van der Waals surface area contributed by atoms with Gasteiger partial charge in [0.2, 0.25) is 0 Å². The molecule has 0 unspecified atom stereocenters. The molecule has 3 rings (SSSR count). The number of carbonyl (C=O) groups excluding carboxylic acids is 1. The van der Waals surface area contributed by atoms with E-state index in [4.69, 9.17) is 0 Å². The molecule has 2 aromatic carbocycles. The van der Waals surface area contributed by atoms with Gasteiger partial charge >= 0.3 is 0 Å². The maximum absolute atomic E-state index is 14.9. The third-order valence-corrected chi connectivity index (χ3v) is 5.83. The van der Waals surface area contributed by atoms with Crippen molar-refractivity contribution in [1.29, 1.82) is 5.26 Å². The first kappa shape index (κ1) is 21.8. The molecule has 1 aliphatic rings. The van der Waals surface area contributed by atoms with E-state index in [0.29, 0.717) is 29.9 Å². The number of benzene rings is 2. The average Bonchev–Trinajstić information content (AvgIpc) is 2.77. The second kappa shape index (κ2) is 9.73. The highest BCUT2D eigenvalue weighted by atomic mass is 19.1. The standard InChI is InChI=1S/C24H29FN4O/c1-4-28(5-2)24(30)19-7-9-20(10-8-19)29(21-12-14-27(3)15-13-21)23-16-18(17-26)6-11-22(23)25/h6-11,16,21H,4-5,12-15H2,1-3H3. The number of nitrogens with zero attached hydrogens (tertiary/aromatic N) is 4. The molecule has 158 valence electrons. The Balaban J connectivity index is 1.99. The zero-order valence-electron chi connectivity index (χ0n) is 17.9. The molecule has 2 aromatic rings. The zero-order chi connectivity index (χ0) is 21.7. The van der Waals surface area contributed by atoms with Crippen LogP contribution in [0, 0.1) is 17.1 Å². The van der Waals surface area contributed by atoms with Crippen LogP contribution < -0.4 is 4.90 Å². The topological polar surface area (TPSA) is 50.6 Å². The van der Waals surface area contributed by atoms with E-state index >= 15 is 0 Å². The fourth-order valence-corrected chi connectivity index (χ4v) is 4.02. The second-order valence-electron chi connectivity index (χ2n) is 7.71. The van der Waals surface area contributed by atoms with Crippen molar-refractivity contribution in [2.45, 2.75) is 32.7 Å². The third-order valence-electron chi connectivity index (χ3n) is 5.83. The Morgan fingerprint density at radius 2 is 1.77 bits per heavy atom. The van der Waals surface area contributed by atoms with Gasteiger partial charge in [-0.3, -0.25) is 4.79 Å². The van der Waals surface area contributed by atoms with E-state index in [1.165, 1.54) is 12.1 Å². The van der Waals surface area contributed by atoms with E-state index in [1.54, 1.807) is 11.0 Å². The highest BCUT2D eigenvalue weighted by molar-refractivity contribution is 5.94. The number of rotatable bonds is 6. The molecule has 6 heteroatoms.